The molecular weight excluding hydrogens is 495 g/mol. The van der Waals surface area contributed by atoms with Crippen LogP contribution in [-0.4, -0.2) is 65.6 Å². The predicted octanol–water partition coefficient (Wildman–Crippen LogP) is 1.23. The van der Waals surface area contributed by atoms with E-state index in [9.17, 15) is 22.4 Å². The lowest BCUT2D eigenvalue weighted by molar-refractivity contribution is 0.0732. The Hall–Kier alpha value is -3.78. The third-order valence-corrected chi connectivity index (χ3v) is 7.69. The molecule has 36 heavy (non-hydrogen) atoms. The van der Waals surface area contributed by atoms with Gasteiger partial charge in [-0.1, -0.05) is 5.16 Å². The van der Waals surface area contributed by atoms with Gasteiger partial charge in [-0.2, -0.15) is 4.98 Å². The second-order valence-electron chi connectivity index (χ2n) is 8.86. The number of sulfonamides is 1. The highest BCUT2D eigenvalue weighted by Crippen LogP contribution is 2.35. The number of hydrogen-bond acceptors (Lipinski definition) is 8. The van der Waals surface area contributed by atoms with Crippen molar-refractivity contribution in [2.75, 3.05) is 25.0 Å². The summed E-state index contributed by atoms with van der Waals surface area (Å²) in [4.78, 5) is 31.0. The fourth-order valence-electron chi connectivity index (χ4n) is 4.39. The van der Waals surface area contributed by atoms with E-state index in [2.05, 4.69) is 20.2 Å². The molecule has 3 aromatic rings. The monoisotopic (exact) mass is 518 g/mol. The molecule has 0 saturated carbocycles. The molecule has 1 saturated heterocycles. The van der Waals surface area contributed by atoms with E-state index in [0.717, 1.165) is 0 Å². The van der Waals surface area contributed by atoms with Crippen molar-refractivity contribution in [2.45, 2.75) is 24.8 Å². The molecule has 5 rings (SSSR count). The number of amides is 2. The van der Waals surface area contributed by atoms with Gasteiger partial charge in [0.15, 0.2) is 17.3 Å². The number of benzene rings is 1. The van der Waals surface area contributed by atoms with Crippen LogP contribution in [0.5, 0.6) is 5.75 Å². The van der Waals surface area contributed by atoms with Crippen molar-refractivity contribution in [3.8, 4) is 5.75 Å². The average Bonchev–Trinajstić information content (AvgIpc) is 3.50. The first-order valence-corrected chi connectivity index (χ1v) is 12.5. The number of fused-ring (bicyclic) bond motifs is 2. The highest BCUT2D eigenvalue weighted by Gasteiger charge is 2.43. The van der Waals surface area contributed by atoms with Crippen molar-refractivity contribution in [1.82, 2.24) is 24.3 Å². The highest BCUT2D eigenvalue weighted by molar-refractivity contribution is 7.89. The van der Waals surface area contributed by atoms with Gasteiger partial charge in [-0.25, -0.2) is 17.5 Å². The van der Waals surface area contributed by atoms with Gasteiger partial charge in [-0.05, 0) is 37.6 Å². The van der Waals surface area contributed by atoms with Crippen molar-refractivity contribution in [1.29, 1.82) is 0 Å². The minimum Gasteiger partial charge on any atom is -0.489 e. The minimum absolute atomic E-state index is 0.0110. The number of aryl methyl sites for hydroxylation is 3. The molecule has 2 aliphatic heterocycles. The lowest BCUT2D eigenvalue weighted by Gasteiger charge is -2.23. The summed E-state index contributed by atoms with van der Waals surface area (Å²) in [5.74, 6) is -1.89. The number of anilines is 1. The lowest BCUT2D eigenvalue weighted by Crippen LogP contribution is -2.43. The van der Waals surface area contributed by atoms with Crippen LogP contribution in [0.2, 0.25) is 0 Å². The first-order valence-electron chi connectivity index (χ1n) is 11.0. The fourth-order valence-corrected chi connectivity index (χ4v) is 5.88. The number of hydrogen-bond donors (Lipinski definition) is 2. The molecule has 1 fully saturated rings. The Balaban J connectivity index is 1.41. The number of ether oxygens (including phenoxy) is 1. The van der Waals surface area contributed by atoms with Crippen LogP contribution < -0.4 is 14.8 Å². The molecule has 0 unspecified atom stereocenters. The Morgan fingerprint density at radius 1 is 1.25 bits per heavy atom. The topological polar surface area (TPSA) is 149 Å². The number of carbonyl (C=O) groups is 2. The summed E-state index contributed by atoms with van der Waals surface area (Å²) in [6, 6.07) is 3.49. The molecule has 14 heteroatoms. The van der Waals surface area contributed by atoms with Gasteiger partial charge < -0.3 is 24.0 Å². The quantitative estimate of drug-likeness (QED) is 0.526. The van der Waals surface area contributed by atoms with Crippen LogP contribution in [-0.2, 0) is 17.1 Å². The maximum atomic E-state index is 13.6. The Morgan fingerprint density at radius 3 is 2.72 bits per heavy atom. The third kappa shape index (κ3) is 4.22. The zero-order valence-corrected chi connectivity index (χ0v) is 20.4. The SMILES string of the molecule is Cc1noc(C(=O)N2C[C@H]3COc4c(cn(C)c4C(=O)Nc4ccc(F)c(C)c4)S(=O)(=O)N[C@H]3C2)n1. The van der Waals surface area contributed by atoms with Crippen LogP contribution in [0.4, 0.5) is 10.1 Å². The largest absolute Gasteiger partial charge is 0.489 e. The number of nitrogens with one attached hydrogen (secondary N) is 2. The van der Waals surface area contributed by atoms with Crippen molar-refractivity contribution in [3.05, 3.63) is 53.2 Å². The van der Waals surface area contributed by atoms with E-state index in [1.807, 2.05) is 0 Å². The van der Waals surface area contributed by atoms with E-state index in [1.165, 1.54) is 40.9 Å². The predicted molar refractivity (Wildman–Crippen MR) is 123 cm³/mol. The maximum absolute atomic E-state index is 13.6. The normalized spacial score (nSPS) is 20.6. The van der Waals surface area contributed by atoms with E-state index in [1.54, 1.807) is 13.8 Å². The summed E-state index contributed by atoms with van der Waals surface area (Å²) in [6.07, 6.45) is 1.29. The number of carbonyl (C=O) groups excluding carboxylic acids is 2. The van der Waals surface area contributed by atoms with Gasteiger partial charge in [0, 0.05) is 44.0 Å². The smallest absolute Gasteiger partial charge is 0.316 e. The number of halogens is 1. The second-order valence-corrected chi connectivity index (χ2v) is 10.5. The Labute approximate surface area is 205 Å². The van der Waals surface area contributed by atoms with Gasteiger partial charge in [0.05, 0.1) is 6.61 Å². The second kappa shape index (κ2) is 8.71. The molecule has 2 N–H and O–H groups in total. The third-order valence-electron chi connectivity index (χ3n) is 6.21. The first kappa shape index (κ1) is 23.9. The van der Waals surface area contributed by atoms with E-state index >= 15 is 0 Å². The fraction of sp³-hybridized carbons (Fsp3) is 0.364. The zero-order chi connectivity index (χ0) is 25.8. The van der Waals surface area contributed by atoms with Gasteiger partial charge in [-0.3, -0.25) is 9.59 Å². The molecule has 190 valence electrons. The van der Waals surface area contributed by atoms with E-state index in [4.69, 9.17) is 9.26 Å². The first-order chi connectivity index (χ1) is 17.0. The molecule has 0 aliphatic carbocycles. The zero-order valence-electron chi connectivity index (χ0n) is 19.6. The molecule has 2 atom stereocenters. The van der Waals surface area contributed by atoms with Crippen LogP contribution in [0, 0.1) is 25.6 Å². The average molecular weight is 519 g/mol. The lowest BCUT2D eigenvalue weighted by atomic mass is 10.1. The highest BCUT2D eigenvalue weighted by atomic mass is 32.2. The van der Waals surface area contributed by atoms with E-state index in [-0.39, 0.29) is 41.9 Å². The van der Waals surface area contributed by atoms with E-state index in [0.29, 0.717) is 17.1 Å². The molecule has 0 bridgehead atoms. The Morgan fingerprint density at radius 2 is 2.03 bits per heavy atom. The van der Waals surface area contributed by atoms with Crippen LogP contribution in [0.25, 0.3) is 0 Å². The maximum Gasteiger partial charge on any atom is 0.316 e. The molecule has 1 aromatic carbocycles. The van der Waals surface area contributed by atoms with Gasteiger partial charge in [-0.15, -0.1) is 0 Å². The van der Waals surface area contributed by atoms with Crippen molar-refractivity contribution in [2.24, 2.45) is 13.0 Å². The number of aromatic nitrogens is 3. The Kier molecular flexibility index (Phi) is 5.79. The summed E-state index contributed by atoms with van der Waals surface area (Å²) in [7, 11) is -2.57. The molecule has 0 spiro atoms. The number of likely N-dealkylation sites (tertiary alicyclic amines) is 1. The van der Waals surface area contributed by atoms with Gasteiger partial charge in [0.2, 0.25) is 10.0 Å². The van der Waals surface area contributed by atoms with Gasteiger partial charge in [0.1, 0.15) is 10.7 Å². The Bertz CT molecular complexity index is 1480. The van der Waals surface area contributed by atoms with Crippen molar-refractivity contribution >= 4 is 27.5 Å². The summed E-state index contributed by atoms with van der Waals surface area (Å²) < 4.78 is 55.0. The molecule has 2 aliphatic rings. The standard InChI is InChI=1S/C22H23FN6O6S/c1-11-6-14(4-5-15(11)23)25-20(30)18-19-17(9-28(18)3)36(32,33)27-16-8-29(7-13(16)10-34-19)22(31)21-24-12(2)26-35-21/h4-6,9,13,16,27H,7-8,10H2,1-3H3,(H,25,30)/t13-,16-/m0/s1. The van der Waals surface area contributed by atoms with Crippen molar-refractivity contribution in [3.63, 3.8) is 0 Å². The molecule has 0 radical (unpaired) electrons. The number of rotatable bonds is 3. The van der Waals surface area contributed by atoms with Gasteiger partial charge in [0.25, 0.3) is 5.91 Å². The number of nitrogens with zero attached hydrogens (tertiary/aromatic N) is 4. The van der Waals surface area contributed by atoms with Crippen LogP contribution >= 0.6 is 0 Å². The van der Waals surface area contributed by atoms with E-state index < -0.39 is 39.6 Å². The molecule has 2 aromatic heterocycles. The summed E-state index contributed by atoms with van der Waals surface area (Å²) in [6.45, 7) is 3.48. The minimum atomic E-state index is -4.10. The molecule has 4 heterocycles. The summed E-state index contributed by atoms with van der Waals surface area (Å²) >= 11 is 0. The molecule has 12 nitrogen and oxygen atoms in total. The van der Waals surface area contributed by atoms with Crippen LogP contribution in [0.15, 0.2) is 33.8 Å². The molecular formula is C22H23FN6O6S. The van der Waals surface area contributed by atoms with Gasteiger partial charge >= 0.3 is 11.8 Å². The van der Waals surface area contributed by atoms with Crippen LogP contribution in [0.1, 0.15) is 32.6 Å². The van der Waals surface area contributed by atoms with Crippen LogP contribution in [0.3, 0.4) is 0 Å². The summed E-state index contributed by atoms with van der Waals surface area (Å²) in [5.41, 5.74) is 0.685. The molecule has 2 amide bonds. The van der Waals surface area contributed by atoms with Crippen molar-refractivity contribution < 1.29 is 31.7 Å². The summed E-state index contributed by atoms with van der Waals surface area (Å²) in [5, 5.41) is 6.28.